The molecule has 4 aliphatic carbocycles. The van der Waals surface area contributed by atoms with Crippen LogP contribution in [0.15, 0.2) is 0 Å². The van der Waals surface area contributed by atoms with Crippen LogP contribution in [0.2, 0.25) is 0 Å². The highest BCUT2D eigenvalue weighted by atomic mass is 32.2. The second-order valence-electron chi connectivity index (χ2n) is 15.2. The number of amides is 1. The number of carbonyl (C=O) groups excluding carboxylic acids is 1. The van der Waals surface area contributed by atoms with E-state index in [0.29, 0.717) is 25.9 Å². The second kappa shape index (κ2) is 12.9. The summed E-state index contributed by atoms with van der Waals surface area (Å²) in [6.07, 6.45) is 5.66. The summed E-state index contributed by atoms with van der Waals surface area (Å²) in [7, 11) is -0.646. The fourth-order valence-electron chi connectivity index (χ4n) is 10.5. The van der Waals surface area contributed by atoms with Crippen molar-refractivity contribution in [3.8, 4) is 0 Å². The van der Waals surface area contributed by atoms with E-state index >= 15 is 0 Å². The zero-order valence-electron chi connectivity index (χ0n) is 26.7. The monoisotopic (exact) mass is 613 g/mol. The lowest BCUT2D eigenvalue weighted by Crippen LogP contribution is -2.65. The van der Waals surface area contributed by atoms with Crippen LogP contribution in [0.25, 0.3) is 0 Å². The highest BCUT2D eigenvalue weighted by Crippen LogP contribution is 2.69. The van der Waals surface area contributed by atoms with Crippen molar-refractivity contribution in [2.24, 2.45) is 52.3 Å². The first-order valence-electron chi connectivity index (χ1n) is 16.4. The van der Waals surface area contributed by atoms with Crippen molar-refractivity contribution in [1.29, 1.82) is 0 Å². The summed E-state index contributed by atoms with van der Waals surface area (Å²) in [6.45, 7) is 9.78. The molecule has 0 saturated heterocycles. The van der Waals surface area contributed by atoms with Crippen molar-refractivity contribution in [1.82, 2.24) is 9.80 Å². The topological polar surface area (TPSA) is 141 Å². The molecule has 4 fully saturated rings. The van der Waals surface area contributed by atoms with Crippen LogP contribution < -0.4 is 0 Å². The molecular formula is C32H57N2O7S-. The van der Waals surface area contributed by atoms with Gasteiger partial charge in [0.1, 0.15) is 0 Å². The number of likely N-dealkylation sites (N-methyl/N-ethyl adjacent to an activating group) is 1. The third-order valence-electron chi connectivity index (χ3n) is 12.9. The molecule has 0 bridgehead atoms. The van der Waals surface area contributed by atoms with Crippen molar-refractivity contribution in [2.45, 2.75) is 104 Å². The molecule has 12 atom stereocenters. The predicted molar refractivity (Wildman–Crippen MR) is 161 cm³/mol. The van der Waals surface area contributed by atoms with Crippen molar-refractivity contribution >= 4 is 16.0 Å². The maximum Gasteiger partial charge on any atom is 0.222 e. The third-order valence-corrected chi connectivity index (χ3v) is 13.5. The number of nitrogens with zero attached hydrogens (tertiary/aromatic N) is 2. The minimum Gasteiger partial charge on any atom is -0.748 e. The normalized spacial score (nSPS) is 42.5. The van der Waals surface area contributed by atoms with E-state index in [1.54, 1.807) is 0 Å². The van der Waals surface area contributed by atoms with E-state index in [1.165, 1.54) is 4.90 Å². The van der Waals surface area contributed by atoms with E-state index in [1.807, 2.05) is 19.0 Å². The number of hydrogen-bond donors (Lipinski definition) is 3. The molecule has 10 heteroatoms. The molecule has 3 N–H and O–H groups in total. The van der Waals surface area contributed by atoms with Crippen LogP contribution in [0.4, 0.5) is 0 Å². The van der Waals surface area contributed by atoms with Crippen LogP contribution in [-0.2, 0) is 14.9 Å². The zero-order valence-corrected chi connectivity index (χ0v) is 27.6. The Bertz CT molecular complexity index is 1060. The van der Waals surface area contributed by atoms with Gasteiger partial charge in [-0.15, -0.1) is 0 Å². The van der Waals surface area contributed by atoms with E-state index in [9.17, 15) is 33.1 Å². The largest absolute Gasteiger partial charge is 0.748 e. The molecule has 0 aromatic carbocycles. The van der Waals surface area contributed by atoms with E-state index in [-0.39, 0.29) is 77.2 Å². The Morgan fingerprint density at radius 3 is 2.31 bits per heavy atom. The van der Waals surface area contributed by atoms with Crippen LogP contribution in [0.1, 0.15) is 85.5 Å². The Labute approximate surface area is 254 Å². The zero-order chi connectivity index (χ0) is 31.2. The van der Waals surface area contributed by atoms with Gasteiger partial charge in [-0.2, -0.15) is 0 Å². The Balaban J connectivity index is 1.49. The smallest absolute Gasteiger partial charge is 0.222 e. The average Bonchev–Trinajstić information content (AvgIpc) is 3.26. The molecule has 0 heterocycles. The minimum absolute atomic E-state index is 0.00974. The number of hydrogen-bond acceptors (Lipinski definition) is 8. The van der Waals surface area contributed by atoms with Gasteiger partial charge in [-0.25, -0.2) is 8.42 Å². The lowest BCUT2D eigenvalue weighted by molar-refractivity contribution is -0.228. The third kappa shape index (κ3) is 6.45. The maximum atomic E-state index is 13.2. The number of aliphatic hydroxyl groups excluding tert-OH is 3. The number of rotatable bonds is 11. The quantitative estimate of drug-likeness (QED) is 0.302. The molecule has 0 radical (unpaired) electrons. The number of aliphatic hydroxyl groups is 3. The molecule has 1 amide bonds. The summed E-state index contributed by atoms with van der Waals surface area (Å²) in [6, 6.07) is 0. The fraction of sp³-hybridized carbons (Fsp3) is 0.969. The molecule has 244 valence electrons. The fourth-order valence-corrected chi connectivity index (χ4v) is 10.9. The summed E-state index contributed by atoms with van der Waals surface area (Å²) < 4.78 is 33.8. The molecule has 4 rings (SSSR count). The summed E-state index contributed by atoms with van der Waals surface area (Å²) in [5.41, 5.74) is -0.336. The summed E-state index contributed by atoms with van der Waals surface area (Å²) >= 11 is 0. The number of carbonyl (C=O) groups is 1. The van der Waals surface area contributed by atoms with Gasteiger partial charge in [0.2, 0.25) is 5.91 Å². The SMILES string of the molecule is CC[C@H]1[C@@H](O)[C@@H]2[C@H](C[C@H](O)[C@]3(C)[C@@H]([C@H](C)CCC(=O)N(CCN(C)C)CCS(=O)(=O)[O-])CC[C@@H]23)[C@@]2(C)CC[C@@H](O)C[C@@H]12. The molecule has 4 saturated carbocycles. The van der Waals surface area contributed by atoms with Crippen LogP contribution in [0.5, 0.6) is 0 Å². The van der Waals surface area contributed by atoms with Crippen LogP contribution in [-0.4, -0.2) is 102 Å². The van der Waals surface area contributed by atoms with Crippen LogP contribution in [0.3, 0.4) is 0 Å². The molecule has 4 aliphatic rings. The highest BCUT2D eigenvalue weighted by molar-refractivity contribution is 7.85. The van der Waals surface area contributed by atoms with E-state index in [0.717, 1.165) is 38.5 Å². The first-order chi connectivity index (χ1) is 19.5. The maximum absolute atomic E-state index is 13.2. The van der Waals surface area contributed by atoms with Gasteiger partial charge in [0.05, 0.1) is 34.2 Å². The van der Waals surface area contributed by atoms with Gasteiger partial charge in [0.15, 0.2) is 0 Å². The average molecular weight is 614 g/mol. The van der Waals surface area contributed by atoms with Gasteiger partial charge < -0.3 is 29.7 Å². The first-order valence-corrected chi connectivity index (χ1v) is 18.0. The van der Waals surface area contributed by atoms with E-state index in [4.69, 9.17) is 0 Å². The van der Waals surface area contributed by atoms with Crippen LogP contribution in [0, 0.1) is 52.3 Å². The molecular weight excluding hydrogens is 556 g/mol. The van der Waals surface area contributed by atoms with Crippen molar-refractivity contribution in [3.63, 3.8) is 0 Å². The van der Waals surface area contributed by atoms with Gasteiger partial charge in [-0.1, -0.05) is 34.1 Å². The Hall–Kier alpha value is -0.780. The van der Waals surface area contributed by atoms with Gasteiger partial charge in [0, 0.05) is 26.1 Å². The molecule has 9 nitrogen and oxygen atoms in total. The standard InChI is InChI=1S/C32H58N2O7S/c1-7-22-25-18-21(35)12-13-31(25,3)26-19-27(36)32(4)23(9-10-24(32)29(26)30(22)38)20(2)8-11-28(37)34(15-14-33(5)6)16-17-42(39,40)41/h20-27,29-30,35-36,38H,7-19H2,1-6H3,(H,39,40,41)/p-1/t20-,21-,22-,23-,24+,25+,26+,27+,29+,30-,31+,32-/m1/s1. The van der Waals surface area contributed by atoms with Crippen molar-refractivity contribution < 1.29 is 33.1 Å². The Kier molecular flexibility index (Phi) is 10.5. The molecule has 0 aromatic rings. The van der Waals surface area contributed by atoms with Crippen molar-refractivity contribution in [3.05, 3.63) is 0 Å². The Morgan fingerprint density at radius 2 is 1.69 bits per heavy atom. The molecule has 0 unspecified atom stereocenters. The summed E-state index contributed by atoms with van der Waals surface area (Å²) in [5.74, 6) is 0.676. The molecule has 0 aromatic heterocycles. The lowest BCUT2D eigenvalue weighted by Gasteiger charge is -2.65. The van der Waals surface area contributed by atoms with Gasteiger partial charge in [0.25, 0.3) is 0 Å². The van der Waals surface area contributed by atoms with Crippen LogP contribution >= 0.6 is 0 Å². The first kappa shape index (κ1) is 34.1. The molecule has 0 aliphatic heterocycles. The van der Waals surface area contributed by atoms with E-state index < -0.39 is 28.1 Å². The highest BCUT2D eigenvalue weighted by Gasteiger charge is 2.67. The van der Waals surface area contributed by atoms with Gasteiger partial charge in [-0.05, 0) is 111 Å². The lowest BCUT2D eigenvalue weighted by atomic mass is 9.41. The van der Waals surface area contributed by atoms with E-state index in [2.05, 4.69) is 27.7 Å². The molecule has 42 heavy (non-hydrogen) atoms. The predicted octanol–water partition coefficient (Wildman–Crippen LogP) is 2.94. The van der Waals surface area contributed by atoms with Gasteiger partial charge >= 0.3 is 0 Å². The number of fused-ring (bicyclic) bond motifs is 5. The summed E-state index contributed by atoms with van der Waals surface area (Å²) in [4.78, 5) is 16.6. The summed E-state index contributed by atoms with van der Waals surface area (Å²) in [5, 5.41) is 34.4. The second-order valence-corrected chi connectivity index (χ2v) is 16.7. The van der Waals surface area contributed by atoms with Gasteiger partial charge in [-0.3, -0.25) is 4.79 Å². The van der Waals surface area contributed by atoms with Crippen molar-refractivity contribution in [2.75, 3.05) is 39.5 Å². The Morgan fingerprint density at radius 1 is 1.00 bits per heavy atom. The molecule has 0 spiro atoms. The minimum atomic E-state index is -4.42.